The summed E-state index contributed by atoms with van der Waals surface area (Å²) in [5.41, 5.74) is 0.547. The molecule has 0 unspecified atom stereocenters. The van der Waals surface area contributed by atoms with E-state index in [2.05, 4.69) is 5.32 Å². The SMILES string of the molecule is O=C(CC1CCCCC1)Nc1cccc(F)c1. The number of rotatable bonds is 3. The highest BCUT2D eigenvalue weighted by atomic mass is 19.1. The van der Waals surface area contributed by atoms with Gasteiger partial charge in [0.15, 0.2) is 0 Å². The first kappa shape index (κ1) is 12.1. The summed E-state index contributed by atoms with van der Waals surface area (Å²) in [6, 6.07) is 6.03. The lowest BCUT2D eigenvalue weighted by atomic mass is 9.87. The van der Waals surface area contributed by atoms with Gasteiger partial charge in [-0.05, 0) is 37.0 Å². The second kappa shape index (κ2) is 5.80. The fourth-order valence-electron chi connectivity index (χ4n) is 2.43. The van der Waals surface area contributed by atoms with E-state index in [1.54, 1.807) is 12.1 Å². The second-order valence-electron chi connectivity index (χ2n) is 4.77. The van der Waals surface area contributed by atoms with Crippen LogP contribution < -0.4 is 5.32 Å². The predicted octanol–water partition coefficient (Wildman–Crippen LogP) is 3.73. The van der Waals surface area contributed by atoms with Crippen LogP contribution in [0.5, 0.6) is 0 Å². The summed E-state index contributed by atoms with van der Waals surface area (Å²) in [5, 5.41) is 2.75. The maximum Gasteiger partial charge on any atom is 0.224 e. The third-order valence-corrected chi connectivity index (χ3v) is 3.31. The Balaban J connectivity index is 1.84. The van der Waals surface area contributed by atoms with Gasteiger partial charge in [-0.15, -0.1) is 0 Å². The molecule has 1 amide bonds. The van der Waals surface area contributed by atoms with Gasteiger partial charge in [-0.3, -0.25) is 4.79 Å². The summed E-state index contributed by atoms with van der Waals surface area (Å²) in [7, 11) is 0. The Bertz CT molecular complexity index is 386. The van der Waals surface area contributed by atoms with Crippen LogP contribution in [0.1, 0.15) is 38.5 Å². The molecule has 0 bridgehead atoms. The molecule has 0 aliphatic heterocycles. The Morgan fingerprint density at radius 2 is 2.06 bits per heavy atom. The maximum absolute atomic E-state index is 12.9. The molecular weight excluding hydrogens is 217 g/mol. The summed E-state index contributed by atoms with van der Waals surface area (Å²) in [4.78, 5) is 11.8. The first-order valence-corrected chi connectivity index (χ1v) is 6.29. The number of carbonyl (C=O) groups excluding carboxylic acids is 1. The Hall–Kier alpha value is -1.38. The molecule has 0 radical (unpaired) electrons. The van der Waals surface area contributed by atoms with Crippen LogP contribution in [0.25, 0.3) is 0 Å². The van der Waals surface area contributed by atoms with E-state index >= 15 is 0 Å². The molecule has 0 spiro atoms. The summed E-state index contributed by atoms with van der Waals surface area (Å²) in [6.45, 7) is 0. The van der Waals surface area contributed by atoms with Crippen molar-refractivity contribution >= 4 is 11.6 Å². The minimum Gasteiger partial charge on any atom is -0.326 e. The molecule has 1 N–H and O–H groups in total. The van der Waals surface area contributed by atoms with Gasteiger partial charge in [0.05, 0.1) is 0 Å². The average Bonchev–Trinajstić information content (AvgIpc) is 2.30. The third-order valence-electron chi connectivity index (χ3n) is 3.31. The quantitative estimate of drug-likeness (QED) is 0.849. The summed E-state index contributed by atoms with van der Waals surface area (Å²) >= 11 is 0. The first-order valence-electron chi connectivity index (χ1n) is 6.29. The van der Waals surface area contributed by atoms with Crippen molar-refractivity contribution in [2.75, 3.05) is 5.32 Å². The predicted molar refractivity (Wildman–Crippen MR) is 66.2 cm³/mol. The third kappa shape index (κ3) is 3.84. The lowest BCUT2D eigenvalue weighted by molar-refractivity contribution is -0.117. The van der Waals surface area contributed by atoms with Crippen LogP contribution in [0.4, 0.5) is 10.1 Å². The van der Waals surface area contributed by atoms with E-state index in [1.807, 2.05) is 0 Å². The lowest BCUT2D eigenvalue weighted by Gasteiger charge is -2.20. The van der Waals surface area contributed by atoms with Crippen molar-refractivity contribution in [1.82, 2.24) is 0 Å². The molecular formula is C14H18FNO. The minimum absolute atomic E-state index is 0.00231. The van der Waals surface area contributed by atoms with Crippen molar-refractivity contribution in [1.29, 1.82) is 0 Å². The van der Waals surface area contributed by atoms with Crippen molar-refractivity contribution < 1.29 is 9.18 Å². The van der Waals surface area contributed by atoms with Crippen LogP contribution in [0.2, 0.25) is 0 Å². The summed E-state index contributed by atoms with van der Waals surface area (Å²) < 4.78 is 12.9. The number of hydrogen-bond acceptors (Lipinski definition) is 1. The standard InChI is InChI=1S/C14H18FNO/c15-12-7-4-8-13(10-12)16-14(17)9-11-5-2-1-3-6-11/h4,7-8,10-11H,1-3,5-6,9H2,(H,16,17). The van der Waals surface area contributed by atoms with Gasteiger partial charge in [0.1, 0.15) is 5.82 Å². The van der Waals surface area contributed by atoms with Gasteiger partial charge in [0, 0.05) is 12.1 Å². The summed E-state index contributed by atoms with van der Waals surface area (Å²) in [5.74, 6) is 0.195. The fraction of sp³-hybridized carbons (Fsp3) is 0.500. The Morgan fingerprint density at radius 1 is 1.29 bits per heavy atom. The zero-order valence-electron chi connectivity index (χ0n) is 9.92. The van der Waals surface area contributed by atoms with Crippen molar-refractivity contribution in [3.63, 3.8) is 0 Å². The van der Waals surface area contributed by atoms with Gasteiger partial charge in [-0.1, -0.05) is 25.3 Å². The van der Waals surface area contributed by atoms with Crippen molar-refractivity contribution in [2.45, 2.75) is 38.5 Å². The van der Waals surface area contributed by atoms with Gasteiger partial charge in [-0.2, -0.15) is 0 Å². The average molecular weight is 235 g/mol. The topological polar surface area (TPSA) is 29.1 Å². The molecule has 2 rings (SSSR count). The Morgan fingerprint density at radius 3 is 2.76 bits per heavy atom. The largest absolute Gasteiger partial charge is 0.326 e. The van der Waals surface area contributed by atoms with Crippen molar-refractivity contribution in [2.24, 2.45) is 5.92 Å². The van der Waals surface area contributed by atoms with E-state index in [4.69, 9.17) is 0 Å². The molecule has 0 aromatic heterocycles. The minimum atomic E-state index is -0.319. The molecule has 1 saturated carbocycles. The lowest BCUT2D eigenvalue weighted by Crippen LogP contribution is -2.18. The van der Waals surface area contributed by atoms with Gasteiger partial charge in [-0.25, -0.2) is 4.39 Å². The number of nitrogens with one attached hydrogen (secondary N) is 1. The molecule has 3 heteroatoms. The molecule has 2 nitrogen and oxygen atoms in total. The van der Waals surface area contributed by atoms with Crippen molar-refractivity contribution in [3.05, 3.63) is 30.1 Å². The van der Waals surface area contributed by atoms with Crippen LogP contribution in [0, 0.1) is 11.7 Å². The molecule has 92 valence electrons. The fourth-order valence-corrected chi connectivity index (χ4v) is 2.43. The van der Waals surface area contributed by atoms with Crippen LogP contribution in [0.3, 0.4) is 0 Å². The normalized spacial score (nSPS) is 16.8. The highest BCUT2D eigenvalue weighted by Gasteiger charge is 2.16. The Kier molecular flexibility index (Phi) is 4.13. The molecule has 17 heavy (non-hydrogen) atoms. The highest BCUT2D eigenvalue weighted by molar-refractivity contribution is 5.90. The van der Waals surface area contributed by atoms with Gasteiger partial charge in [0.25, 0.3) is 0 Å². The number of benzene rings is 1. The highest BCUT2D eigenvalue weighted by Crippen LogP contribution is 2.26. The van der Waals surface area contributed by atoms with E-state index < -0.39 is 0 Å². The zero-order valence-corrected chi connectivity index (χ0v) is 9.92. The summed E-state index contributed by atoms with van der Waals surface area (Å²) in [6.07, 6.45) is 6.63. The van der Waals surface area contributed by atoms with E-state index in [0.29, 0.717) is 18.0 Å². The molecule has 0 saturated heterocycles. The van der Waals surface area contributed by atoms with E-state index in [-0.39, 0.29) is 11.7 Å². The van der Waals surface area contributed by atoms with Crippen LogP contribution >= 0.6 is 0 Å². The van der Waals surface area contributed by atoms with Gasteiger partial charge < -0.3 is 5.32 Å². The molecule has 1 aliphatic rings. The van der Waals surface area contributed by atoms with Crippen molar-refractivity contribution in [3.8, 4) is 0 Å². The molecule has 1 aromatic carbocycles. The van der Waals surface area contributed by atoms with E-state index in [1.165, 1.54) is 31.4 Å². The van der Waals surface area contributed by atoms with Crippen LogP contribution in [-0.2, 0) is 4.79 Å². The van der Waals surface area contributed by atoms with Gasteiger partial charge >= 0.3 is 0 Å². The number of hydrogen-bond donors (Lipinski definition) is 1. The van der Waals surface area contributed by atoms with E-state index in [9.17, 15) is 9.18 Å². The van der Waals surface area contributed by atoms with Crippen LogP contribution in [-0.4, -0.2) is 5.91 Å². The maximum atomic E-state index is 12.9. The first-order chi connectivity index (χ1) is 8.24. The second-order valence-corrected chi connectivity index (χ2v) is 4.77. The van der Waals surface area contributed by atoms with Crippen LogP contribution in [0.15, 0.2) is 24.3 Å². The molecule has 1 fully saturated rings. The van der Waals surface area contributed by atoms with Gasteiger partial charge in [0.2, 0.25) is 5.91 Å². The zero-order chi connectivity index (χ0) is 12.1. The number of amides is 1. The number of anilines is 1. The molecule has 1 aromatic rings. The number of halogens is 1. The molecule has 0 atom stereocenters. The monoisotopic (exact) mass is 235 g/mol. The molecule has 0 heterocycles. The smallest absolute Gasteiger partial charge is 0.224 e. The number of carbonyl (C=O) groups is 1. The molecule has 1 aliphatic carbocycles. The Labute approximate surface area is 101 Å². The van der Waals surface area contributed by atoms with E-state index in [0.717, 1.165) is 12.8 Å².